The second kappa shape index (κ2) is 5.93. The van der Waals surface area contributed by atoms with E-state index in [1.165, 1.54) is 19.3 Å². The van der Waals surface area contributed by atoms with E-state index in [4.69, 9.17) is 14.5 Å². The number of ketones is 1. The molecule has 6 saturated carbocycles. The molecule has 0 heterocycles. The maximum atomic E-state index is 13.2. The Morgan fingerprint density at radius 2 is 1.59 bits per heavy atom. The van der Waals surface area contributed by atoms with Crippen molar-refractivity contribution in [2.24, 2.45) is 21.7 Å². The molecule has 4 atom stereocenters. The van der Waals surface area contributed by atoms with E-state index < -0.39 is 5.60 Å². The summed E-state index contributed by atoms with van der Waals surface area (Å²) < 4.78 is 11.6. The quantitative estimate of drug-likeness (QED) is 0.468. The van der Waals surface area contributed by atoms with Gasteiger partial charge in [0.2, 0.25) is 0 Å². The maximum absolute atomic E-state index is 13.2. The van der Waals surface area contributed by atoms with E-state index in [1.54, 1.807) is 14.0 Å². The minimum absolute atomic E-state index is 0.0920. The molecule has 6 rings (SSSR count). The van der Waals surface area contributed by atoms with Crippen LogP contribution in [-0.4, -0.2) is 41.3 Å². The monoisotopic (exact) mass is 401 g/mol. The van der Waals surface area contributed by atoms with Crippen LogP contribution in [0.2, 0.25) is 0 Å². The fourth-order valence-corrected chi connectivity index (χ4v) is 8.35. The van der Waals surface area contributed by atoms with E-state index in [9.17, 15) is 9.59 Å². The molecule has 160 valence electrons. The number of rotatable bonds is 7. The molecule has 0 aromatic rings. The fraction of sp³-hybridized carbons (Fsp3) is 0.875. The summed E-state index contributed by atoms with van der Waals surface area (Å²) in [4.78, 5) is 30.1. The van der Waals surface area contributed by atoms with Crippen molar-refractivity contribution in [2.75, 3.05) is 7.11 Å². The molecule has 4 bridgehead atoms. The van der Waals surface area contributed by atoms with Gasteiger partial charge in [-0.15, -0.1) is 0 Å². The smallest absolute Gasteiger partial charge is 0.352 e. The Labute approximate surface area is 174 Å². The van der Waals surface area contributed by atoms with Crippen molar-refractivity contribution >= 4 is 17.5 Å². The first-order valence-electron chi connectivity index (χ1n) is 11.4. The van der Waals surface area contributed by atoms with Crippen LogP contribution in [0.15, 0.2) is 4.99 Å². The summed E-state index contributed by atoms with van der Waals surface area (Å²) in [7, 11) is 1.70. The number of esters is 1. The van der Waals surface area contributed by atoms with Crippen LogP contribution in [0.25, 0.3) is 0 Å². The number of carbonyl (C=O) groups excluding carboxylic acids is 2. The highest BCUT2D eigenvalue weighted by Gasteiger charge is 2.78. The summed E-state index contributed by atoms with van der Waals surface area (Å²) in [6.07, 6.45) is 10.5. The summed E-state index contributed by atoms with van der Waals surface area (Å²) in [6, 6.07) is 0. The Hall–Kier alpha value is -1.23. The van der Waals surface area contributed by atoms with Crippen LogP contribution in [0.1, 0.15) is 91.4 Å². The van der Waals surface area contributed by atoms with Crippen molar-refractivity contribution in [1.29, 1.82) is 0 Å². The van der Waals surface area contributed by atoms with Crippen LogP contribution < -0.4 is 0 Å². The van der Waals surface area contributed by atoms with Crippen molar-refractivity contribution < 1.29 is 19.1 Å². The molecule has 0 spiro atoms. The number of aliphatic imine (C=N–C) groups is 1. The van der Waals surface area contributed by atoms with Crippen LogP contribution in [0, 0.1) is 16.7 Å². The highest BCUT2D eigenvalue weighted by atomic mass is 16.6. The van der Waals surface area contributed by atoms with Crippen LogP contribution in [0.3, 0.4) is 0 Å². The first kappa shape index (κ1) is 19.7. The van der Waals surface area contributed by atoms with Crippen LogP contribution >= 0.6 is 0 Å². The zero-order chi connectivity index (χ0) is 20.7. The molecule has 6 aliphatic rings. The van der Waals surface area contributed by atoms with Gasteiger partial charge in [0.1, 0.15) is 22.7 Å². The molecule has 6 aliphatic carbocycles. The van der Waals surface area contributed by atoms with Gasteiger partial charge in [0.05, 0.1) is 5.54 Å². The molecule has 0 N–H and O–H groups in total. The lowest BCUT2D eigenvalue weighted by molar-refractivity contribution is -0.160. The van der Waals surface area contributed by atoms with Gasteiger partial charge in [0.25, 0.3) is 0 Å². The van der Waals surface area contributed by atoms with Gasteiger partial charge in [0, 0.05) is 26.4 Å². The average molecular weight is 402 g/mol. The maximum Gasteiger partial charge on any atom is 0.352 e. The molecule has 6 fully saturated rings. The second-order valence-electron chi connectivity index (χ2n) is 11.9. The number of carbonyl (C=O) groups is 2. The average Bonchev–Trinajstić information content (AvgIpc) is 3.02. The van der Waals surface area contributed by atoms with Gasteiger partial charge in [-0.2, -0.15) is 0 Å². The van der Waals surface area contributed by atoms with Crippen LogP contribution in [0.5, 0.6) is 0 Å². The lowest BCUT2D eigenvalue weighted by Gasteiger charge is -2.64. The van der Waals surface area contributed by atoms with E-state index in [0.29, 0.717) is 35.3 Å². The summed E-state index contributed by atoms with van der Waals surface area (Å²) in [5.74, 6) is 0.496. The van der Waals surface area contributed by atoms with Gasteiger partial charge >= 0.3 is 5.97 Å². The Bertz CT molecular complexity index is 781. The number of hydrogen-bond donors (Lipinski definition) is 0. The fourth-order valence-electron chi connectivity index (χ4n) is 8.35. The van der Waals surface area contributed by atoms with Gasteiger partial charge in [-0.25, -0.2) is 4.79 Å². The molecule has 0 saturated heterocycles. The van der Waals surface area contributed by atoms with E-state index in [2.05, 4.69) is 13.8 Å². The number of ether oxygens (including phenoxy) is 2. The highest BCUT2D eigenvalue weighted by molar-refractivity contribution is 6.37. The standard InChI is InChI=1S/C24H35NO4/c1-16(26)5-6-18(19(27)29-24-8-7-23(24,15-24)28-4)25-22-11-17-9-20(2,13-22)12-21(3,10-17)14-22/h17H,5-15H2,1-4H3. The van der Waals surface area contributed by atoms with E-state index in [-0.39, 0.29) is 22.9 Å². The summed E-state index contributed by atoms with van der Waals surface area (Å²) in [6.45, 7) is 6.41. The first-order chi connectivity index (χ1) is 13.5. The molecule has 29 heavy (non-hydrogen) atoms. The van der Waals surface area contributed by atoms with Crippen LogP contribution in [-0.2, 0) is 19.1 Å². The van der Waals surface area contributed by atoms with E-state index in [0.717, 1.165) is 38.5 Å². The van der Waals surface area contributed by atoms with Crippen LogP contribution in [0.4, 0.5) is 0 Å². The van der Waals surface area contributed by atoms with Crippen molar-refractivity contribution in [3.63, 3.8) is 0 Å². The molecule has 4 unspecified atom stereocenters. The largest absolute Gasteiger partial charge is 0.451 e. The second-order valence-corrected chi connectivity index (χ2v) is 11.9. The minimum atomic E-state index is -0.435. The van der Waals surface area contributed by atoms with Crippen molar-refractivity contribution in [3.8, 4) is 0 Å². The van der Waals surface area contributed by atoms with Gasteiger partial charge in [-0.1, -0.05) is 13.8 Å². The molecule has 0 radical (unpaired) electrons. The van der Waals surface area contributed by atoms with Crippen molar-refractivity contribution in [3.05, 3.63) is 0 Å². The Morgan fingerprint density at radius 1 is 0.931 bits per heavy atom. The molecular weight excluding hydrogens is 366 g/mol. The SMILES string of the molecule is COC12CCC1(OC(=O)C(CCC(C)=O)=NC13CC4CC(C)(CC(C)(C4)C1)C3)C2. The van der Waals surface area contributed by atoms with Crippen molar-refractivity contribution in [1.82, 2.24) is 0 Å². The van der Waals surface area contributed by atoms with E-state index in [1.807, 2.05) is 0 Å². The Kier molecular flexibility index (Phi) is 4.03. The summed E-state index contributed by atoms with van der Waals surface area (Å²) in [5, 5.41) is 0. The number of fused-ring (bicyclic) bond motifs is 1. The molecule has 0 amide bonds. The summed E-state index contributed by atoms with van der Waals surface area (Å²) >= 11 is 0. The predicted molar refractivity (Wildman–Crippen MR) is 110 cm³/mol. The lowest BCUT2D eigenvalue weighted by atomic mass is 9.43. The highest BCUT2D eigenvalue weighted by Crippen LogP contribution is 2.69. The summed E-state index contributed by atoms with van der Waals surface area (Å²) in [5.41, 5.74) is 0.328. The van der Waals surface area contributed by atoms with Gasteiger partial charge in [-0.3, -0.25) is 4.99 Å². The zero-order valence-electron chi connectivity index (χ0n) is 18.4. The number of hydrogen-bond acceptors (Lipinski definition) is 5. The number of nitrogens with zero attached hydrogens (tertiary/aromatic N) is 1. The molecule has 5 heteroatoms. The molecule has 0 aromatic heterocycles. The topological polar surface area (TPSA) is 65.0 Å². The predicted octanol–water partition coefficient (Wildman–Crippen LogP) is 4.41. The molecule has 0 aliphatic heterocycles. The minimum Gasteiger partial charge on any atom is -0.451 e. The first-order valence-corrected chi connectivity index (χ1v) is 11.4. The van der Waals surface area contributed by atoms with Crippen molar-refractivity contribution in [2.45, 2.75) is 108 Å². The van der Waals surface area contributed by atoms with Gasteiger partial charge in [0.15, 0.2) is 0 Å². The van der Waals surface area contributed by atoms with Gasteiger partial charge in [-0.05, 0) is 75.0 Å². The Balaban J connectivity index is 1.41. The normalized spacial score (nSPS) is 49.4. The molecule has 0 aromatic carbocycles. The molecule has 5 nitrogen and oxygen atoms in total. The molecular formula is C24H35NO4. The number of methoxy groups -OCH3 is 1. The van der Waals surface area contributed by atoms with E-state index >= 15 is 0 Å². The third-order valence-corrected chi connectivity index (χ3v) is 8.81. The third-order valence-electron chi connectivity index (χ3n) is 8.81. The van der Waals surface area contributed by atoms with Gasteiger partial charge < -0.3 is 14.3 Å². The lowest BCUT2D eigenvalue weighted by Crippen LogP contribution is -2.58. The number of Topliss-reactive ketones (excluding diaryl/α,β-unsaturated/α-hetero) is 1. The zero-order valence-corrected chi connectivity index (χ0v) is 18.4. The third kappa shape index (κ3) is 3.02. The Morgan fingerprint density at radius 3 is 2.07 bits per heavy atom.